The molecule has 3 fully saturated rings. The molecule has 1 heterocycles. The molecule has 8 atom stereocenters. The maximum Gasteiger partial charge on any atom is 0.492 e. The molecule has 1 aromatic rings. The number of fused-ring (bicyclic) bond motifs is 1. The third-order valence-electron chi connectivity index (χ3n) is 11.6. The van der Waals surface area contributed by atoms with Crippen LogP contribution in [0.3, 0.4) is 0 Å². The molecular weight excluding hydrogens is 491 g/mol. The van der Waals surface area contributed by atoms with Gasteiger partial charge in [-0.2, -0.15) is 0 Å². The Labute approximate surface area is 233 Å². The Balaban J connectivity index is 1.42. The van der Waals surface area contributed by atoms with Crippen LogP contribution in [0, 0.1) is 34.0 Å². The number of rotatable bonds is 5. The van der Waals surface area contributed by atoms with Crippen LogP contribution >= 0.6 is 0 Å². The monoisotopic (exact) mass is 536 g/mol. The van der Waals surface area contributed by atoms with Crippen LogP contribution in [0.4, 0.5) is 0 Å². The number of aliphatic hydroxyl groups excluding tert-OH is 1. The van der Waals surface area contributed by atoms with Gasteiger partial charge in [0, 0.05) is 29.6 Å². The minimum Gasteiger partial charge on any atom is -0.462 e. The van der Waals surface area contributed by atoms with Gasteiger partial charge < -0.3 is 19.5 Å². The number of benzene rings is 1. The smallest absolute Gasteiger partial charge is 0.462 e. The van der Waals surface area contributed by atoms with Gasteiger partial charge in [-0.25, -0.2) is 0 Å². The second kappa shape index (κ2) is 9.56. The van der Waals surface area contributed by atoms with Gasteiger partial charge in [0.2, 0.25) is 0 Å². The zero-order valence-corrected chi connectivity index (χ0v) is 24.5. The Morgan fingerprint density at radius 1 is 1.23 bits per heavy atom. The van der Waals surface area contributed by atoms with Crippen molar-refractivity contribution in [2.24, 2.45) is 34.0 Å². The summed E-state index contributed by atoms with van der Waals surface area (Å²) in [5.74, 6) is -0.124. The summed E-state index contributed by atoms with van der Waals surface area (Å²) in [6, 6.07) is 5.86. The van der Waals surface area contributed by atoms with E-state index in [1.54, 1.807) is 0 Å². The Morgan fingerprint density at radius 3 is 2.64 bits per heavy atom. The molecule has 5 rings (SSSR count). The van der Waals surface area contributed by atoms with Gasteiger partial charge in [-0.05, 0) is 79.8 Å². The summed E-state index contributed by atoms with van der Waals surface area (Å²) in [4.78, 5) is 27.0. The molecule has 0 spiro atoms. The lowest BCUT2D eigenvalue weighted by atomic mass is 9.44. The van der Waals surface area contributed by atoms with E-state index in [0.29, 0.717) is 19.3 Å². The van der Waals surface area contributed by atoms with Crippen molar-refractivity contribution in [2.75, 3.05) is 0 Å². The van der Waals surface area contributed by atoms with Gasteiger partial charge >= 0.3 is 13.1 Å². The molecule has 1 aliphatic heterocycles. The Morgan fingerprint density at radius 2 is 1.95 bits per heavy atom. The van der Waals surface area contributed by atoms with Crippen LogP contribution in [-0.4, -0.2) is 41.2 Å². The minimum absolute atomic E-state index is 0.0513. The van der Waals surface area contributed by atoms with E-state index in [4.69, 9.17) is 9.39 Å². The van der Waals surface area contributed by atoms with E-state index in [9.17, 15) is 19.7 Å². The number of hydrogen-bond acceptors (Lipinski definition) is 6. The number of esters is 1. The summed E-state index contributed by atoms with van der Waals surface area (Å²) >= 11 is 0. The number of ether oxygens (including phenoxy) is 1. The van der Waals surface area contributed by atoms with E-state index < -0.39 is 35.8 Å². The first-order valence-corrected chi connectivity index (χ1v) is 14.7. The molecule has 2 bridgehead atoms. The number of carbonyl (C=O) groups excluding carboxylic acids is 2. The van der Waals surface area contributed by atoms with Gasteiger partial charge in [0.1, 0.15) is 11.9 Å². The van der Waals surface area contributed by atoms with E-state index in [1.807, 2.05) is 45.0 Å². The number of Topliss-reactive ketones (excluding diaryl/α,β-unsaturated/α-hetero) is 1. The molecule has 6 nitrogen and oxygen atoms in total. The van der Waals surface area contributed by atoms with Crippen LogP contribution in [-0.2, 0) is 31.0 Å². The fraction of sp³-hybridized carbons (Fsp3) is 0.688. The number of carbonyl (C=O) groups is 2. The van der Waals surface area contributed by atoms with Gasteiger partial charge in [-0.15, -0.1) is 6.58 Å². The van der Waals surface area contributed by atoms with Crippen molar-refractivity contribution in [1.29, 1.82) is 0 Å². The second-order valence-corrected chi connectivity index (χ2v) is 14.0. The molecule has 3 saturated carbocycles. The molecule has 0 radical (unpaired) electrons. The molecule has 0 unspecified atom stereocenters. The summed E-state index contributed by atoms with van der Waals surface area (Å²) in [6.07, 6.45) is 4.92. The van der Waals surface area contributed by atoms with E-state index in [1.165, 1.54) is 0 Å². The van der Waals surface area contributed by atoms with Crippen LogP contribution in [0.1, 0.15) is 91.2 Å². The molecule has 0 saturated heterocycles. The average Bonchev–Trinajstić information content (AvgIpc) is 3.36. The molecule has 1 aromatic carbocycles. The molecule has 4 aliphatic rings. The zero-order chi connectivity index (χ0) is 28.5. The highest BCUT2D eigenvalue weighted by atomic mass is 16.5. The predicted molar refractivity (Wildman–Crippen MR) is 151 cm³/mol. The van der Waals surface area contributed by atoms with Gasteiger partial charge in [-0.3, -0.25) is 9.59 Å². The summed E-state index contributed by atoms with van der Waals surface area (Å²) in [6.45, 7) is 16.4. The Bertz CT molecular complexity index is 1180. The van der Waals surface area contributed by atoms with E-state index in [2.05, 4.69) is 27.4 Å². The van der Waals surface area contributed by atoms with Crippen LogP contribution in [0.2, 0.25) is 0 Å². The van der Waals surface area contributed by atoms with Crippen molar-refractivity contribution >= 4 is 24.3 Å². The maximum absolute atomic E-state index is 13.6. The lowest BCUT2D eigenvalue weighted by Crippen LogP contribution is -2.63. The zero-order valence-electron chi connectivity index (χ0n) is 24.5. The molecule has 7 heteroatoms. The van der Waals surface area contributed by atoms with Crippen molar-refractivity contribution in [3.63, 3.8) is 0 Å². The number of ketones is 1. The van der Waals surface area contributed by atoms with Crippen LogP contribution in [0.25, 0.3) is 0 Å². The van der Waals surface area contributed by atoms with Crippen LogP contribution in [0.15, 0.2) is 30.9 Å². The van der Waals surface area contributed by atoms with Crippen LogP contribution < -0.4 is 5.46 Å². The largest absolute Gasteiger partial charge is 0.492 e. The lowest BCUT2D eigenvalue weighted by Gasteiger charge is -2.61. The second-order valence-electron chi connectivity index (χ2n) is 14.0. The molecular formula is C32H45BO6. The highest BCUT2D eigenvalue weighted by Gasteiger charge is 2.68. The third-order valence-corrected chi connectivity index (χ3v) is 11.6. The number of hydrogen-bond donors (Lipinski definition) is 2. The fourth-order valence-corrected chi connectivity index (χ4v) is 8.89. The first-order chi connectivity index (χ1) is 18.2. The molecule has 3 aliphatic carbocycles. The maximum atomic E-state index is 13.6. The third kappa shape index (κ3) is 4.26. The topological polar surface area (TPSA) is 93.1 Å². The summed E-state index contributed by atoms with van der Waals surface area (Å²) in [5, 5.41) is 22.0. The van der Waals surface area contributed by atoms with Gasteiger partial charge in [0.05, 0.1) is 11.7 Å². The number of aliphatic hydroxyl groups is 1. The van der Waals surface area contributed by atoms with Gasteiger partial charge in [0.25, 0.3) is 0 Å². The highest BCUT2D eigenvalue weighted by molar-refractivity contribution is 6.62. The van der Waals surface area contributed by atoms with Crippen molar-refractivity contribution in [2.45, 2.75) is 104 Å². The van der Waals surface area contributed by atoms with Crippen LogP contribution in [0.5, 0.6) is 0 Å². The summed E-state index contributed by atoms with van der Waals surface area (Å²) in [5.41, 5.74) is 0.644. The SMILES string of the molecule is C=C[C@]1(C)C[C@@H](OC(=O)CCc2ccc3c(c2)B(O)OC3(C)C)[C@]2(C)[C@H](C)CC[C@]3(CCC(=O)[C@H]32)[C@@H](C)[C@@H]1O. The minimum atomic E-state index is -0.973. The van der Waals surface area contributed by atoms with E-state index >= 15 is 0 Å². The van der Waals surface area contributed by atoms with Gasteiger partial charge in [-0.1, -0.05) is 52.0 Å². The van der Waals surface area contributed by atoms with E-state index in [0.717, 1.165) is 35.9 Å². The standard InChI is InChI=1S/C32H45BO6/c1-8-30(6)18-25(31(7)19(2)13-15-32(20(3)28(30)36)16-14-24(34)27(31)32)38-26(35)12-10-21-9-11-22-23(17-21)33(37)39-29(22,4)5/h8-9,11,17,19-20,25,27-28,36-37H,1,10,12-16,18H2,2-7H3/t19-,20+,25-,27+,28+,30-,31+,32+/m1/s1. The van der Waals surface area contributed by atoms with Crippen molar-refractivity contribution < 1.29 is 29.1 Å². The van der Waals surface area contributed by atoms with Crippen molar-refractivity contribution in [3.05, 3.63) is 42.0 Å². The normalized spacial score (nSPS) is 40.9. The summed E-state index contributed by atoms with van der Waals surface area (Å²) < 4.78 is 12.0. The highest BCUT2D eigenvalue weighted by Crippen LogP contribution is 2.68. The Hall–Kier alpha value is -1.96. The number of aryl methyl sites for hydroxylation is 1. The molecule has 2 N–H and O–H groups in total. The lowest BCUT2D eigenvalue weighted by molar-refractivity contribution is -0.206. The van der Waals surface area contributed by atoms with Crippen molar-refractivity contribution in [1.82, 2.24) is 0 Å². The summed E-state index contributed by atoms with van der Waals surface area (Å²) in [7, 11) is -0.973. The van der Waals surface area contributed by atoms with Crippen molar-refractivity contribution in [3.8, 4) is 0 Å². The molecule has 39 heavy (non-hydrogen) atoms. The first kappa shape index (κ1) is 28.6. The van der Waals surface area contributed by atoms with E-state index in [-0.39, 0.29) is 41.3 Å². The first-order valence-electron chi connectivity index (χ1n) is 14.7. The quantitative estimate of drug-likeness (QED) is 0.328. The average molecular weight is 537 g/mol. The Kier molecular flexibility index (Phi) is 7.00. The predicted octanol–water partition coefficient (Wildman–Crippen LogP) is 4.48. The molecule has 0 amide bonds. The fourth-order valence-electron chi connectivity index (χ4n) is 8.89. The molecule has 0 aromatic heterocycles. The molecule has 212 valence electrons. The van der Waals surface area contributed by atoms with Gasteiger partial charge in [0.15, 0.2) is 0 Å².